The minimum atomic E-state index is -0.481. The first-order chi connectivity index (χ1) is 15.5. The van der Waals surface area contributed by atoms with Crippen LogP contribution in [0.3, 0.4) is 0 Å². The summed E-state index contributed by atoms with van der Waals surface area (Å²) in [7, 11) is 0. The van der Waals surface area contributed by atoms with Crippen LogP contribution >= 0.6 is 23.2 Å². The van der Waals surface area contributed by atoms with Gasteiger partial charge in [-0.3, -0.25) is 4.79 Å². The van der Waals surface area contributed by atoms with Crippen molar-refractivity contribution in [3.05, 3.63) is 99.2 Å². The van der Waals surface area contributed by atoms with Crippen molar-refractivity contribution in [3.8, 4) is 11.8 Å². The largest absolute Gasteiger partial charge is 0.486 e. The summed E-state index contributed by atoms with van der Waals surface area (Å²) in [5.74, 6) is -0.0314. The third-order valence-electron chi connectivity index (χ3n) is 4.56. The first-order valence-electron chi connectivity index (χ1n) is 9.47. The van der Waals surface area contributed by atoms with Gasteiger partial charge in [-0.15, -0.1) is 0 Å². The topological polar surface area (TPSA) is 87.6 Å². The Labute approximate surface area is 193 Å². The number of hydrogen-bond acceptors (Lipinski definition) is 5. The smallest absolute Gasteiger partial charge is 0.307 e. The Bertz CT molecular complexity index is 1320. The molecule has 0 spiro atoms. The quantitative estimate of drug-likeness (QED) is 0.282. The van der Waals surface area contributed by atoms with Gasteiger partial charge in [0.2, 0.25) is 0 Å². The summed E-state index contributed by atoms with van der Waals surface area (Å²) >= 11 is 12.6. The Balaban J connectivity index is 1.42. The first-order valence-corrected chi connectivity index (χ1v) is 10.2. The maximum atomic E-state index is 12.3. The number of ether oxygens (including phenoxy) is 1. The number of benzene rings is 3. The van der Waals surface area contributed by atoms with Crippen molar-refractivity contribution in [2.45, 2.75) is 6.61 Å². The number of furan rings is 1. The number of amides is 1. The lowest BCUT2D eigenvalue weighted by Crippen LogP contribution is -2.16. The molecule has 4 aromatic rings. The zero-order valence-electron chi connectivity index (χ0n) is 16.5. The highest BCUT2D eigenvalue weighted by Crippen LogP contribution is 2.34. The Morgan fingerprint density at radius 2 is 1.81 bits per heavy atom. The van der Waals surface area contributed by atoms with E-state index < -0.39 is 5.91 Å². The fourth-order valence-electron chi connectivity index (χ4n) is 3.01. The Kier molecular flexibility index (Phi) is 6.41. The van der Waals surface area contributed by atoms with Crippen molar-refractivity contribution in [1.82, 2.24) is 5.43 Å². The molecule has 0 aliphatic rings. The molecule has 0 unspecified atom stereocenters. The molecule has 0 aliphatic heterocycles. The molecule has 0 bridgehead atoms. The third-order valence-corrected chi connectivity index (χ3v) is 5.12. The Morgan fingerprint density at radius 1 is 1.09 bits per heavy atom. The number of rotatable bonds is 6. The summed E-state index contributed by atoms with van der Waals surface area (Å²) in [6, 6.07) is 21.4. The number of nitriles is 1. The number of nitrogens with zero attached hydrogens (tertiary/aromatic N) is 2. The van der Waals surface area contributed by atoms with Crippen LogP contribution in [0, 0.1) is 11.3 Å². The number of fused-ring (bicyclic) bond motifs is 1. The van der Waals surface area contributed by atoms with Crippen LogP contribution < -0.4 is 10.2 Å². The fraction of sp³-hybridized carbons (Fsp3) is 0.0417. The van der Waals surface area contributed by atoms with Crippen molar-refractivity contribution in [2.24, 2.45) is 5.10 Å². The van der Waals surface area contributed by atoms with Crippen LogP contribution in [0.5, 0.6) is 5.75 Å². The van der Waals surface area contributed by atoms with Crippen LogP contribution in [0.25, 0.3) is 11.0 Å². The lowest BCUT2D eigenvalue weighted by Gasteiger charge is -2.11. The SMILES string of the molecule is N#Cc1ccccc1COc1c(Cl)cc(/C=N\NC(=O)c2cc3ccccc3o2)cc1Cl. The molecular weight excluding hydrogens is 449 g/mol. The van der Waals surface area contributed by atoms with Crippen molar-refractivity contribution in [3.63, 3.8) is 0 Å². The summed E-state index contributed by atoms with van der Waals surface area (Å²) in [6.45, 7) is 0.143. The van der Waals surface area contributed by atoms with Gasteiger partial charge in [-0.2, -0.15) is 10.4 Å². The molecular formula is C24H15Cl2N3O3. The van der Waals surface area contributed by atoms with E-state index in [9.17, 15) is 10.1 Å². The maximum Gasteiger partial charge on any atom is 0.307 e. The zero-order valence-corrected chi connectivity index (χ0v) is 18.0. The zero-order chi connectivity index (χ0) is 22.5. The number of carbonyl (C=O) groups is 1. The minimum Gasteiger partial charge on any atom is -0.486 e. The molecule has 0 saturated heterocycles. The molecule has 0 atom stereocenters. The molecule has 32 heavy (non-hydrogen) atoms. The molecule has 6 nitrogen and oxygen atoms in total. The van der Waals surface area contributed by atoms with E-state index in [4.69, 9.17) is 32.4 Å². The van der Waals surface area contributed by atoms with Gasteiger partial charge in [0.05, 0.1) is 27.9 Å². The van der Waals surface area contributed by atoms with Gasteiger partial charge in [-0.05, 0) is 35.9 Å². The van der Waals surface area contributed by atoms with E-state index >= 15 is 0 Å². The standard InChI is InChI=1S/C24H15Cl2N3O3/c25-19-9-15(10-20(26)23(19)31-14-18-7-2-1-6-17(18)12-27)13-28-29-24(30)22-11-16-5-3-4-8-21(16)32-22/h1-11,13H,14H2,(H,29,30)/b28-13-. The Hall–Kier alpha value is -3.79. The monoisotopic (exact) mass is 463 g/mol. The number of hydrazone groups is 1. The van der Waals surface area contributed by atoms with E-state index in [0.717, 1.165) is 10.9 Å². The average Bonchev–Trinajstić information content (AvgIpc) is 3.23. The highest BCUT2D eigenvalue weighted by molar-refractivity contribution is 6.37. The molecule has 1 N–H and O–H groups in total. The summed E-state index contributed by atoms with van der Waals surface area (Å²) < 4.78 is 11.2. The van der Waals surface area contributed by atoms with E-state index in [2.05, 4.69) is 16.6 Å². The van der Waals surface area contributed by atoms with E-state index in [0.29, 0.717) is 22.5 Å². The molecule has 158 valence electrons. The fourth-order valence-corrected chi connectivity index (χ4v) is 3.62. The second-order valence-corrected chi connectivity index (χ2v) is 7.53. The van der Waals surface area contributed by atoms with Gasteiger partial charge in [-0.25, -0.2) is 5.43 Å². The van der Waals surface area contributed by atoms with Gasteiger partial charge < -0.3 is 9.15 Å². The third kappa shape index (κ3) is 4.75. The lowest BCUT2D eigenvalue weighted by atomic mass is 10.1. The predicted octanol–water partition coefficient (Wildman–Crippen LogP) is 5.95. The average molecular weight is 464 g/mol. The number of nitrogens with one attached hydrogen (secondary N) is 1. The van der Waals surface area contributed by atoms with Gasteiger partial charge in [-0.1, -0.05) is 59.6 Å². The lowest BCUT2D eigenvalue weighted by molar-refractivity contribution is 0.0929. The number of hydrogen-bond donors (Lipinski definition) is 1. The van der Waals surface area contributed by atoms with E-state index in [1.165, 1.54) is 6.21 Å². The van der Waals surface area contributed by atoms with Crippen LogP contribution in [0.4, 0.5) is 0 Å². The van der Waals surface area contributed by atoms with Gasteiger partial charge in [0.15, 0.2) is 11.5 Å². The summed E-state index contributed by atoms with van der Waals surface area (Å²) in [4.78, 5) is 12.3. The summed E-state index contributed by atoms with van der Waals surface area (Å²) in [5.41, 5.74) is 4.83. The van der Waals surface area contributed by atoms with Crippen molar-refractivity contribution < 1.29 is 13.9 Å². The maximum absolute atomic E-state index is 12.3. The molecule has 1 amide bonds. The van der Waals surface area contributed by atoms with E-state index in [1.807, 2.05) is 24.3 Å². The Morgan fingerprint density at radius 3 is 2.56 bits per heavy atom. The van der Waals surface area contributed by atoms with Crippen molar-refractivity contribution >= 4 is 46.3 Å². The molecule has 0 aliphatic carbocycles. The molecule has 1 aromatic heterocycles. The van der Waals surface area contributed by atoms with Gasteiger partial charge in [0.1, 0.15) is 12.2 Å². The highest BCUT2D eigenvalue weighted by Gasteiger charge is 2.12. The normalized spacial score (nSPS) is 10.9. The number of carbonyl (C=O) groups excluding carboxylic acids is 1. The minimum absolute atomic E-state index is 0.143. The van der Waals surface area contributed by atoms with Gasteiger partial charge in [0, 0.05) is 10.9 Å². The predicted molar refractivity (Wildman–Crippen MR) is 123 cm³/mol. The van der Waals surface area contributed by atoms with Crippen LogP contribution in [0.2, 0.25) is 10.0 Å². The summed E-state index contributed by atoms with van der Waals surface area (Å²) in [6.07, 6.45) is 1.41. The van der Waals surface area contributed by atoms with E-state index in [-0.39, 0.29) is 22.4 Å². The first kappa shape index (κ1) is 21.4. The summed E-state index contributed by atoms with van der Waals surface area (Å²) in [5, 5.41) is 14.5. The molecule has 1 heterocycles. The second kappa shape index (κ2) is 9.56. The number of halogens is 2. The van der Waals surface area contributed by atoms with E-state index in [1.54, 1.807) is 42.5 Å². The molecule has 4 rings (SSSR count). The van der Waals surface area contributed by atoms with Crippen LogP contribution in [-0.4, -0.2) is 12.1 Å². The van der Waals surface area contributed by atoms with Crippen LogP contribution in [0.1, 0.15) is 27.2 Å². The molecule has 0 saturated carbocycles. The highest BCUT2D eigenvalue weighted by atomic mass is 35.5. The van der Waals surface area contributed by atoms with Crippen LogP contribution in [-0.2, 0) is 6.61 Å². The molecule has 8 heteroatoms. The van der Waals surface area contributed by atoms with Gasteiger partial charge in [0.25, 0.3) is 0 Å². The molecule has 0 fully saturated rings. The van der Waals surface area contributed by atoms with Gasteiger partial charge >= 0.3 is 5.91 Å². The van der Waals surface area contributed by atoms with Crippen LogP contribution in [0.15, 0.2) is 76.2 Å². The molecule has 3 aromatic carbocycles. The van der Waals surface area contributed by atoms with Crippen molar-refractivity contribution in [1.29, 1.82) is 5.26 Å². The van der Waals surface area contributed by atoms with Crippen molar-refractivity contribution in [2.75, 3.05) is 0 Å². The number of para-hydroxylation sites is 1. The molecule has 0 radical (unpaired) electrons. The second-order valence-electron chi connectivity index (χ2n) is 6.72.